The summed E-state index contributed by atoms with van der Waals surface area (Å²) < 4.78 is 5.32. The number of hydrogen-bond donors (Lipinski definition) is 1. The maximum absolute atomic E-state index is 5.32. The molecule has 0 atom stereocenters. The topological polar surface area (TPSA) is 67.1 Å². The van der Waals surface area contributed by atoms with Crippen molar-refractivity contribution in [1.82, 2.24) is 15.0 Å². The van der Waals surface area contributed by atoms with Gasteiger partial charge in [0, 0.05) is 31.4 Å². The van der Waals surface area contributed by atoms with Crippen LogP contribution in [0, 0.1) is 0 Å². The summed E-state index contributed by atoms with van der Waals surface area (Å²) >= 11 is 0. The van der Waals surface area contributed by atoms with E-state index in [4.69, 9.17) is 4.42 Å². The molecule has 0 bridgehead atoms. The van der Waals surface area contributed by atoms with Crippen molar-refractivity contribution < 1.29 is 4.42 Å². The molecule has 1 N–H and O–H groups in total. The van der Waals surface area contributed by atoms with Gasteiger partial charge < -0.3 is 14.6 Å². The Kier molecular flexibility index (Phi) is 3.20. The quantitative estimate of drug-likeness (QED) is 0.785. The van der Waals surface area contributed by atoms with Crippen LogP contribution in [0.3, 0.4) is 0 Å². The normalized spacial score (nSPS) is 10.7. The molecule has 20 heavy (non-hydrogen) atoms. The molecule has 0 aliphatic heterocycles. The Morgan fingerprint density at radius 1 is 1.20 bits per heavy atom. The molecule has 0 saturated heterocycles. The van der Waals surface area contributed by atoms with Crippen molar-refractivity contribution in [2.75, 3.05) is 23.8 Å². The summed E-state index contributed by atoms with van der Waals surface area (Å²) in [4.78, 5) is 14.5. The average molecular weight is 269 g/mol. The second kappa shape index (κ2) is 5.16. The first-order valence-electron chi connectivity index (χ1n) is 6.41. The molecule has 0 aliphatic rings. The van der Waals surface area contributed by atoms with Gasteiger partial charge in [0.05, 0.1) is 0 Å². The zero-order chi connectivity index (χ0) is 13.9. The Morgan fingerprint density at radius 3 is 2.95 bits per heavy atom. The van der Waals surface area contributed by atoms with Crippen LogP contribution >= 0.6 is 0 Å². The van der Waals surface area contributed by atoms with Gasteiger partial charge in [-0.25, -0.2) is 15.0 Å². The zero-order valence-electron chi connectivity index (χ0n) is 11.4. The van der Waals surface area contributed by atoms with E-state index in [1.807, 2.05) is 43.1 Å². The van der Waals surface area contributed by atoms with Crippen molar-refractivity contribution in [1.29, 1.82) is 0 Å². The minimum Gasteiger partial charge on any atom is -0.443 e. The Balaban J connectivity index is 1.94. The van der Waals surface area contributed by atoms with Crippen LogP contribution in [-0.4, -0.2) is 28.5 Å². The van der Waals surface area contributed by atoms with Crippen LogP contribution in [0.5, 0.6) is 0 Å². The monoisotopic (exact) mass is 269 g/mol. The smallest absolute Gasteiger partial charge is 0.181 e. The number of hydrogen-bond acceptors (Lipinski definition) is 6. The molecule has 3 aromatic rings. The van der Waals surface area contributed by atoms with Gasteiger partial charge in [-0.2, -0.15) is 0 Å². The van der Waals surface area contributed by atoms with E-state index in [1.165, 1.54) is 6.39 Å². The van der Waals surface area contributed by atoms with Crippen molar-refractivity contribution in [2.24, 2.45) is 0 Å². The predicted molar refractivity (Wildman–Crippen MR) is 78.3 cm³/mol. The molecule has 0 fully saturated rings. The summed E-state index contributed by atoms with van der Waals surface area (Å²) in [5, 5.41) is 3.17. The Hall–Kier alpha value is -2.63. The fourth-order valence-electron chi connectivity index (χ4n) is 1.99. The highest BCUT2D eigenvalue weighted by atomic mass is 16.3. The lowest BCUT2D eigenvalue weighted by Crippen LogP contribution is -2.12. The number of fused-ring (bicyclic) bond motifs is 1. The van der Waals surface area contributed by atoms with Crippen LogP contribution in [0.4, 0.5) is 17.3 Å². The molecule has 6 heteroatoms. The fraction of sp³-hybridized carbons (Fsp3) is 0.214. The highest BCUT2D eigenvalue weighted by Crippen LogP contribution is 2.26. The predicted octanol–water partition coefficient (Wildman–Crippen LogP) is 2.82. The summed E-state index contributed by atoms with van der Waals surface area (Å²) in [7, 11) is 1.95. The zero-order valence-corrected chi connectivity index (χ0v) is 11.4. The van der Waals surface area contributed by atoms with Gasteiger partial charge in [-0.3, -0.25) is 0 Å². The van der Waals surface area contributed by atoms with E-state index in [0.29, 0.717) is 0 Å². The molecule has 2 aromatic heterocycles. The summed E-state index contributed by atoms with van der Waals surface area (Å²) in [5.74, 6) is 1.62. The molecule has 0 unspecified atom stereocenters. The van der Waals surface area contributed by atoms with Crippen LogP contribution < -0.4 is 10.2 Å². The number of oxazole rings is 1. The van der Waals surface area contributed by atoms with Crippen molar-refractivity contribution in [3.8, 4) is 0 Å². The number of benzene rings is 1. The molecular weight excluding hydrogens is 254 g/mol. The summed E-state index contributed by atoms with van der Waals surface area (Å²) in [6, 6.07) is 7.77. The SMILES string of the molecule is CCNc1cc(N(C)c2ccc3ncoc3c2)ncn1. The molecule has 6 nitrogen and oxygen atoms in total. The number of aromatic nitrogens is 3. The van der Waals surface area contributed by atoms with Crippen LogP contribution in [0.1, 0.15) is 6.92 Å². The Bertz CT molecular complexity index is 724. The van der Waals surface area contributed by atoms with Gasteiger partial charge in [0.25, 0.3) is 0 Å². The fourth-order valence-corrected chi connectivity index (χ4v) is 1.99. The van der Waals surface area contributed by atoms with Crippen LogP contribution in [0.25, 0.3) is 11.1 Å². The second-order valence-electron chi connectivity index (χ2n) is 4.36. The van der Waals surface area contributed by atoms with Gasteiger partial charge in [0.2, 0.25) is 0 Å². The Morgan fingerprint density at radius 2 is 2.10 bits per heavy atom. The molecule has 0 spiro atoms. The van der Waals surface area contributed by atoms with E-state index in [9.17, 15) is 0 Å². The molecule has 3 rings (SSSR count). The van der Waals surface area contributed by atoms with E-state index in [2.05, 4.69) is 20.3 Å². The maximum atomic E-state index is 5.32. The molecule has 0 aliphatic carbocycles. The number of nitrogens with one attached hydrogen (secondary N) is 1. The van der Waals surface area contributed by atoms with Crippen molar-refractivity contribution >= 4 is 28.4 Å². The minimum absolute atomic E-state index is 0.760. The molecule has 0 amide bonds. The summed E-state index contributed by atoms with van der Waals surface area (Å²) in [6.45, 7) is 2.85. The van der Waals surface area contributed by atoms with Gasteiger partial charge in [-0.05, 0) is 19.1 Å². The third-order valence-electron chi connectivity index (χ3n) is 3.06. The van der Waals surface area contributed by atoms with Crippen LogP contribution in [0.2, 0.25) is 0 Å². The van der Waals surface area contributed by atoms with Crippen molar-refractivity contribution in [3.63, 3.8) is 0 Å². The van der Waals surface area contributed by atoms with Gasteiger partial charge in [-0.1, -0.05) is 0 Å². The van der Waals surface area contributed by atoms with E-state index in [-0.39, 0.29) is 0 Å². The molecular formula is C14H15N5O. The van der Waals surface area contributed by atoms with Gasteiger partial charge in [0.15, 0.2) is 12.0 Å². The minimum atomic E-state index is 0.760. The number of rotatable bonds is 4. The van der Waals surface area contributed by atoms with Crippen LogP contribution in [0.15, 0.2) is 41.4 Å². The average Bonchev–Trinajstić information content (AvgIpc) is 2.94. The van der Waals surface area contributed by atoms with Crippen molar-refractivity contribution in [3.05, 3.63) is 37.0 Å². The summed E-state index contributed by atoms with van der Waals surface area (Å²) in [5.41, 5.74) is 2.59. The van der Waals surface area contributed by atoms with E-state index in [0.717, 1.165) is 35.0 Å². The lowest BCUT2D eigenvalue weighted by Gasteiger charge is -2.18. The molecule has 0 saturated carbocycles. The Labute approximate surface area is 116 Å². The van der Waals surface area contributed by atoms with Gasteiger partial charge in [-0.15, -0.1) is 0 Å². The standard InChI is InChI=1S/C14H15N5O/c1-3-15-13-7-14(17-8-16-13)19(2)10-4-5-11-12(6-10)20-9-18-11/h4-9H,3H2,1-2H3,(H,15,16,17). The maximum Gasteiger partial charge on any atom is 0.181 e. The first kappa shape index (κ1) is 12.4. The van der Waals surface area contributed by atoms with Crippen LogP contribution in [-0.2, 0) is 0 Å². The van der Waals surface area contributed by atoms with Gasteiger partial charge in [0.1, 0.15) is 23.5 Å². The molecule has 0 radical (unpaired) electrons. The lowest BCUT2D eigenvalue weighted by atomic mass is 10.2. The largest absolute Gasteiger partial charge is 0.443 e. The highest BCUT2D eigenvalue weighted by Gasteiger charge is 2.09. The lowest BCUT2D eigenvalue weighted by molar-refractivity contribution is 0.602. The summed E-state index contributed by atoms with van der Waals surface area (Å²) in [6.07, 6.45) is 3.00. The highest BCUT2D eigenvalue weighted by molar-refractivity contribution is 5.78. The number of nitrogens with zero attached hydrogens (tertiary/aromatic N) is 4. The first-order valence-corrected chi connectivity index (χ1v) is 6.41. The van der Waals surface area contributed by atoms with E-state index < -0.39 is 0 Å². The van der Waals surface area contributed by atoms with E-state index in [1.54, 1.807) is 6.33 Å². The third-order valence-corrected chi connectivity index (χ3v) is 3.06. The molecule has 1 aromatic carbocycles. The van der Waals surface area contributed by atoms with Gasteiger partial charge >= 0.3 is 0 Å². The third kappa shape index (κ3) is 2.27. The molecule has 2 heterocycles. The number of anilines is 3. The van der Waals surface area contributed by atoms with Crippen molar-refractivity contribution in [2.45, 2.75) is 6.92 Å². The molecule has 102 valence electrons. The van der Waals surface area contributed by atoms with E-state index >= 15 is 0 Å². The second-order valence-corrected chi connectivity index (χ2v) is 4.36. The first-order chi connectivity index (χ1) is 9.78.